The van der Waals surface area contributed by atoms with Crippen molar-refractivity contribution in [1.29, 1.82) is 0 Å². The van der Waals surface area contributed by atoms with Gasteiger partial charge in [-0.3, -0.25) is 9.59 Å². The Balaban J connectivity index is 1.75. The number of nitrogens with one attached hydrogen (secondary N) is 1. The van der Waals surface area contributed by atoms with Gasteiger partial charge >= 0.3 is 0 Å². The highest BCUT2D eigenvalue weighted by atomic mass is 16.5. The third-order valence-corrected chi connectivity index (χ3v) is 7.42. The summed E-state index contributed by atoms with van der Waals surface area (Å²) in [6.07, 6.45) is 1.73. The average molecular weight is 570 g/mol. The third-order valence-electron chi connectivity index (χ3n) is 7.42. The maximum absolute atomic E-state index is 14.7. The lowest BCUT2D eigenvalue weighted by Crippen LogP contribution is -2.43. The second-order valence-electron chi connectivity index (χ2n) is 10.2. The number of rotatable bonds is 10. The molecule has 218 valence electrons. The SMILES string of the molecule is CCCCNC(=O)C1c2cc(OC)c(OC)cc2-n2nnc(-c3ccc(C)cc3)c2C(=O)N1Cc1ccc(OC)cc1. The van der Waals surface area contributed by atoms with Crippen molar-refractivity contribution in [2.24, 2.45) is 0 Å². The van der Waals surface area contributed by atoms with Crippen LogP contribution in [0.25, 0.3) is 16.9 Å². The zero-order valence-corrected chi connectivity index (χ0v) is 24.5. The minimum atomic E-state index is -0.987. The van der Waals surface area contributed by atoms with Crippen LogP contribution in [0, 0.1) is 6.92 Å². The molecular formula is C32H35N5O5. The van der Waals surface area contributed by atoms with Gasteiger partial charge in [0, 0.05) is 30.3 Å². The number of unbranched alkanes of at least 4 members (excludes halogenated alkanes) is 1. The second-order valence-corrected chi connectivity index (χ2v) is 10.2. The van der Waals surface area contributed by atoms with Crippen LogP contribution in [0.5, 0.6) is 17.2 Å². The van der Waals surface area contributed by atoms with Crippen LogP contribution in [0.4, 0.5) is 0 Å². The summed E-state index contributed by atoms with van der Waals surface area (Å²) in [6.45, 7) is 4.69. The van der Waals surface area contributed by atoms with Gasteiger partial charge in [-0.1, -0.05) is 60.5 Å². The van der Waals surface area contributed by atoms with E-state index >= 15 is 0 Å². The average Bonchev–Trinajstić information content (AvgIpc) is 3.42. The predicted octanol–water partition coefficient (Wildman–Crippen LogP) is 4.88. The summed E-state index contributed by atoms with van der Waals surface area (Å²) in [5.41, 5.74) is 4.38. The van der Waals surface area contributed by atoms with Gasteiger partial charge in [-0.15, -0.1) is 5.10 Å². The Morgan fingerprint density at radius 3 is 2.29 bits per heavy atom. The molecule has 1 atom stereocenters. The van der Waals surface area contributed by atoms with Gasteiger partial charge in [0.2, 0.25) is 5.91 Å². The van der Waals surface area contributed by atoms with Gasteiger partial charge in [0.1, 0.15) is 17.5 Å². The Hall–Kier alpha value is -4.86. The van der Waals surface area contributed by atoms with Crippen molar-refractivity contribution >= 4 is 11.8 Å². The number of carbonyl (C=O) groups excluding carboxylic acids is 2. The molecule has 0 saturated heterocycles. The van der Waals surface area contributed by atoms with Crippen LogP contribution >= 0.6 is 0 Å². The Kier molecular flexibility index (Phi) is 8.42. The number of carbonyl (C=O) groups is 2. The molecule has 0 bridgehead atoms. The van der Waals surface area contributed by atoms with Crippen molar-refractivity contribution in [3.8, 4) is 34.2 Å². The van der Waals surface area contributed by atoms with E-state index in [-0.39, 0.29) is 24.1 Å². The van der Waals surface area contributed by atoms with E-state index in [1.165, 1.54) is 18.9 Å². The molecule has 2 amide bonds. The van der Waals surface area contributed by atoms with Crippen LogP contribution in [-0.4, -0.2) is 59.6 Å². The highest BCUT2D eigenvalue weighted by Crippen LogP contribution is 2.42. The maximum Gasteiger partial charge on any atom is 0.276 e. The molecule has 0 spiro atoms. The summed E-state index contributed by atoms with van der Waals surface area (Å²) in [7, 11) is 4.67. The van der Waals surface area contributed by atoms with Crippen molar-refractivity contribution in [2.75, 3.05) is 27.9 Å². The zero-order valence-electron chi connectivity index (χ0n) is 24.5. The van der Waals surface area contributed by atoms with E-state index < -0.39 is 6.04 Å². The van der Waals surface area contributed by atoms with Crippen LogP contribution < -0.4 is 19.5 Å². The molecule has 42 heavy (non-hydrogen) atoms. The van der Waals surface area contributed by atoms with Crippen LogP contribution in [-0.2, 0) is 11.3 Å². The standard InChI is InChI=1S/C32H35N5O5/c1-6-7-16-33-31(38)29-24-17-26(41-4)27(42-5)18-25(24)37-30(28(34-35-37)22-12-8-20(2)9-13-22)32(39)36(29)19-21-10-14-23(40-3)15-11-21/h8-15,17-18,29H,6-7,16,19H2,1-5H3,(H,33,38). The van der Waals surface area contributed by atoms with Gasteiger partial charge in [0.25, 0.3) is 5.91 Å². The van der Waals surface area contributed by atoms with Crippen LogP contribution in [0.1, 0.15) is 53.0 Å². The molecule has 2 heterocycles. The lowest BCUT2D eigenvalue weighted by Gasteiger charge is -2.30. The monoisotopic (exact) mass is 569 g/mol. The number of ether oxygens (including phenoxy) is 3. The number of aryl methyl sites for hydroxylation is 1. The number of hydrogen-bond donors (Lipinski definition) is 1. The summed E-state index contributed by atoms with van der Waals surface area (Å²) >= 11 is 0. The van der Waals surface area contributed by atoms with E-state index in [1.807, 2.05) is 55.5 Å². The normalized spacial score (nSPS) is 14.1. The molecular weight excluding hydrogens is 534 g/mol. The highest BCUT2D eigenvalue weighted by molar-refractivity contribution is 6.02. The van der Waals surface area contributed by atoms with E-state index in [1.54, 1.807) is 24.1 Å². The highest BCUT2D eigenvalue weighted by Gasteiger charge is 2.41. The molecule has 1 aliphatic heterocycles. The largest absolute Gasteiger partial charge is 0.497 e. The molecule has 1 aromatic heterocycles. The number of methoxy groups -OCH3 is 3. The van der Waals surface area contributed by atoms with Gasteiger partial charge in [-0.25, -0.2) is 4.68 Å². The number of amides is 2. The number of hydrogen-bond acceptors (Lipinski definition) is 7. The Labute approximate surface area is 245 Å². The quantitative estimate of drug-likeness (QED) is 0.271. The second kappa shape index (κ2) is 12.3. The summed E-state index contributed by atoms with van der Waals surface area (Å²) in [6, 6.07) is 17.7. The third kappa shape index (κ3) is 5.39. The fraction of sp³-hybridized carbons (Fsp3) is 0.312. The molecule has 3 aromatic carbocycles. The first-order valence-corrected chi connectivity index (χ1v) is 13.9. The molecule has 1 N–H and O–H groups in total. The fourth-order valence-corrected chi connectivity index (χ4v) is 5.11. The first kappa shape index (κ1) is 28.7. The van der Waals surface area contributed by atoms with Crippen molar-refractivity contribution in [3.05, 3.63) is 83.0 Å². The maximum atomic E-state index is 14.7. The summed E-state index contributed by atoms with van der Waals surface area (Å²) < 4.78 is 18.1. The Morgan fingerprint density at radius 1 is 0.952 bits per heavy atom. The Morgan fingerprint density at radius 2 is 1.64 bits per heavy atom. The molecule has 0 radical (unpaired) electrons. The van der Waals surface area contributed by atoms with Gasteiger partial charge < -0.3 is 24.4 Å². The van der Waals surface area contributed by atoms with Crippen molar-refractivity contribution < 1.29 is 23.8 Å². The minimum absolute atomic E-state index is 0.154. The first-order valence-electron chi connectivity index (χ1n) is 13.9. The predicted molar refractivity (Wildman–Crippen MR) is 158 cm³/mol. The van der Waals surface area contributed by atoms with Crippen LogP contribution in [0.2, 0.25) is 0 Å². The molecule has 1 unspecified atom stereocenters. The lowest BCUT2D eigenvalue weighted by molar-refractivity contribution is -0.126. The summed E-state index contributed by atoms with van der Waals surface area (Å²) in [4.78, 5) is 30.3. The van der Waals surface area contributed by atoms with E-state index in [4.69, 9.17) is 14.2 Å². The molecule has 0 saturated carbocycles. The number of benzene rings is 3. The van der Waals surface area contributed by atoms with Gasteiger partial charge in [0.15, 0.2) is 17.2 Å². The fourth-order valence-electron chi connectivity index (χ4n) is 5.11. The molecule has 4 aromatic rings. The molecule has 0 aliphatic carbocycles. The molecule has 0 fully saturated rings. The van der Waals surface area contributed by atoms with Crippen molar-refractivity contribution in [1.82, 2.24) is 25.2 Å². The van der Waals surface area contributed by atoms with E-state index in [0.29, 0.717) is 40.7 Å². The van der Waals surface area contributed by atoms with Gasteiger partial charge in [-0.05, 0) is 37.1 Å². The zero-order chi connectivity index (χ0) is 29.8. The van der Waals surface area contributed by atoms with E-state index in [2.05, 4.69) is 22.6 Å². The summed E-state index contributed by atoms with van der Waals surface area (Å²) in [5, 5.41) is 11.9. The van der Waals surface area contributed by atoms with Gasteiger partial charge in [-0.2, -0.15) is 0 Å². The smallest absolute Gasteiger partial charge is 0.276 e. The molecule has 10 heteroatoms. The van der Waals surface area contributed by atoms with Crippen molar-refractivity contribution in [2.45, 2.75) is 39.3 Å². The topological polar surface area (TPSA) is 108 Å². The van der Waals surface area contributed by atoms with Crippen LogP contribution in [0.15, 0.2) is 60.7 Å². The first-order chi connectivity index (χ1) is 20.4. The van der Waals surface area contributed by atoms with Crippen molar-refractivity contribution in [3.63, 3.8) is 0 Å². The Bertz CT molecular complexity index is 1580. The number of aromatic nitrogens is 3. The van der Waals surface area contributed by atoms with E-state index in [0.717, 1.165) is 29.5 Å². The number of fused-ring (bicyclic) bond motifs is 3. The number of nitrogens with zero attached hydrogens (tertiary/aromatic N) is 4. The summed E-state index contributed by atoms with van der Waals surface area (Å²) in [5.74, 6) is 0.893. The lowest BCUT2D eigenvalue weighted by atomic mass is 10.00. The van der Waals surface area contributed by atoms with E-state index in [9.17, 15) is 9.59 Å². The van der Waals surface area contributed by atoms with Gasteiger partial charge in [0.05, 0.1) is 27.0 Å². The van der Waals surface area contributed by atoms with Crippen LogP contribution in [0.3, 0.4) is 0 Å². The molecule has 1 aliphatic rings. The molecule has 5 rings (SSSR count). The minimum Gasteiger partial charge on any atom is -0.497 e. The molecule has 10 nitrogen and oxygen atoms in total.